The van der Waals surface area contributed by atoms with Gasteiger partial charge in [0.15, 0.2) is 0 Å². The molecular formula is C10H18N4O3S. The topological polar surface area (TPSA) is 109 Å². The third-order valence-electron chi connectivity index (χ3n) is 2.30. The highest BCUT2D eigenvalue weighted by atomic mass is 32.2. The smallest absolute Gasteiger partial charge is 0.246 e. The van der Waals surface area contributed by atoms with Gasteiger partial charge in [0.1, 0.15) is 4.90 Å². The van der Waals surface area contributed by atoms with Crippen LogP contribution in [0.15, 0.2) is 11.1 Å². The Morgan fingerprint density at radius 2 is 2.17 bits per heavy atom. The summed E-state index contributed by atoms with van der Waals surface area (Å²) in [6, 6.07) is 0. The van der Waals surface area contributed by atoms with E-state index in [1.807, 2.05) is 13.8 Å². The Bertz CT molecular complexity index is 521. The van der Waals surface area contributed by atoms with Crippen molar-refractivity contribution in [3.05, 3.63) is 11.9 Å². The molecule has 1 rings (SSSR count). The van der Waals surface area contributed by atoms with Crippen molar-refractivity contribution >= 4 is 15.9 Å². The highest BCUT2D eigenvalue weighted by Crippen LogP contribution is 2.18. The molecule has 8 heteroatoms. The fourth-order valence-corrected chi connectivity index (χ4v) is 3.26. The number of carbonyl (C=O) groups excluding carboxylic acids is 1. The normalized spacial score (nSPS) is 12.3. The minimum atomic E-state index is -3.74. The molecule has 0 saturated heterocycles. The number of H-pyrrole nitrogens is 1. The first-order chi connectivity index (χ1) is 8.25. The van der Waals surface area contributed by atoms with Crippen molar-refractivity contribution in [1.82, 2.24) is 14.5 Å². The molecule has 18 heavy (non-hydrogen) atoms. The fourth-order valence-electron chi connectivity index (χ4n) is 1.57. The van der Waals surface area contributed by atoms with Gasteiger partial charge in [-0.15, -0.1) is 0 Å². The molecule has 0 aliphatic rings. The Morgan fingerprint density at radius 3 is 2.56 bits per heavy atom. The van der Waals surface area contributed by atoms with Gasteiger partial charge in [-0.25, -0.2) is 8.42 Å². The molecule has 0 spiro atoms. The first kappa shape index (κ1) is 14.7. The maximum atomic E-state index is 12.3. The minimum Gasteiger partial charge on any atom is -0.369 e. The van der Waals surface area contributed by atoms with E-state index in [0.29, 0.717) is 5.69 Å². The van der Waals surface area contributed by atoms with Gasteiger partial charge in [-0.1, -0.05) is 13.8 Å². The standard InChI is InChI=1S/C10H18N4O3S/c1-7(2)5-14(6-10(11)15)18(16,17)9-4-12-13-8(9)3/h4,7H,5-6H2,1-3H3,(H2,11,15)(H,12,13). The molecule has 1 heterocycles. The second-order valence-electron chi connectivity index (χ2n) is 4.52. The first-order valence-electron chi connectivity index (χ1n) is 5.53. The van der Waals surface area contributed by atoms with Crippen LogP contribution in [0.2, 0.25) is 0 Å². The maximum Gasteiger partial charge on any atom is 0.246 e. The van der Waals surface area contributed by atoms with E-state index in [4.69, 9.17) is 5.73 Å². The van der Waals surface area contributed by atoms with Gasteiger partial charge >= 0.3 is 0 Å². The number of sulfonamides is 1. The van der Waals surface area contributed by atoms with Crippen LogP contribution in [-0.2, 0) is 14.8 Å². The minimum absolute atomic E-state index is 0.0735. The van der Waals surface area contributed by atoms with Gasteiger partial charge in [0.25, 0.3) is 0 Å². The van der Waals surface area contributed by atoms with E-state index in [-0.39, 0.29) is 23.9 Å². The van der Waals surface area contributed by atoms with E-state index < -0.39 is 15.9 Å². The first-order valence-corrected chi connectivity index (χ1v) is 6.97. The van der Waals surface area contributed by atoms with Gasteiger partial charge in [0, 0.05) is 6.54 Å². The quantitative estimate of drug-likeness (QED) is 0.751. The lowest BCUT2D eigenvalue weighted by molar-refractivity contribution is -0.118. The van der Waals surface area contributed by atoms with Crippen LogP contribution in [0.4, 0.5) is 0 Å². The van der Waals surface area contributed by atoms with Crippen molar-refractivity contribution in [2.75, 3.05) is 13.1 Å². The van der Waals surface area contributed by atoms with E-state index in [1.54, 1.807) is 6.92 Å². The zero-order chi connectivity index (χ0) is 13.9. The number of nitrogens with one attached hydrogen (secondary N) is 1. The molecule has 1 amide bonds. The molecule has 0 unspecified atom stereocenters. The summed E-state index contributed by atoms with van der Waals surface area (Å²) in [5.74, 6) is -0.591. The second-order valence-corrected chi connectivity index (χ2v) is 6.42. The number of hydrogen-bond donors (Lipinski definition) is 2. The highest BCUT2D eigenvalue weighted by molar-refractivity contribution is 7.89. The zero-order valence-electron chi connectivity index (χ0n) is 10.7. The predicted octanol–water partition coefficient (Wildman–Crippen LogP) is -0.150. The van der Waals surface area contributed by atoms with Crippen LogP contribution in [0.1, 0.15) is 19.5 Å². The van der Waals surface area contributed by atoms with Gasteiger partial charge in [-0.05, 0) is 12.8 Å². The Balaban J connectivity index is 3.11. The summed E-state index contributed by atoms with van der Waals surface area (Å²) in [6.07, 6.45) is 1.24. The number of aryl methyl sites for hydroxylation is 1. The summed E-state index contributed by atoms with van der Waals surface area (Å²) in [5, 5.41) is 6.25. The number of rotatable bonds is 6. The van der Waals surface area contributed by atoms with Crippen LogP contribution in [0, 0.1) is 12.8 Å². The third kappa shape index (κ3) is 3.30. The Kier molecular flexibility index (Phi) is 4.47. The molecule has 0 radical (unpaired) electrons. The van der Waals surface area contributed by atoms with Crippen molar-refractivity contribution in [3.63, 3.8) is 0 Å². The van der Waals surface area contributed by atoms with Crippen molar-refractivity contribution in [1.29, 1.82) is 0 Å². The van der Waals surface area contributed by atoms with Crippen LogP contribution in [0.25, 0.3) is 0 Å². The number of amides is 1. The largest absolute Gasteiger partial charge is 0.369 e. The van der Waals surface area contributed by atoms with Gasteiger partial charge in [-0.3, -0.25) is 9.89 Å². The van der Waals surface area contributed by atoms with Crippen molar-refractivity contribution in [3.8, 4) is 0 Å². The van der Waals surface area contributed by atoms with Gasteiger partial charge < -0.3 is 5.73 Å². The van der Waals surface area contributed by atoms with E-state index >= 15 is 0 Å². The lowest BCUT2D eigenvalue weighted by atomic mass is 10.2. The number of hydrogen-bond acceptors (Lipinski definition) is 4. The molecule has 0 atom stereocenters. The SMILES string of the molecule is Cc1[nH]ncc1S(=O)(=O)N(CC(N)=O)CC(C)C. The van der Waals surface area contributed by atoms with Crippen LogP contribution in [0.5, 0.6) is 0 Å². The molecule has 102 valence electrons. The summed E-state index contributed by atoms with van der Waals surface area (Å²) >= 11 is 0. The molecule has 0 fully saturated rings. The van der Waals surface area contributed by atoms with Crippen molar-refractivity contribution in [2.24, 2.45) is 11.7 Å². The number of nitrogens with zero attached hydrogens (tertiary/aromatic N) is 2. The summed E-state index contributed by atoms with van der Waals surface area (Å²) in [6.45, 7) is 5.25. The summed E-state index contributed by atoms with van der Waals surface area (Å²) in [4.78, 5) is 11.1. The summed E-state index contributed by atoms with van der Waals surface area (Å²) < 4.78 is 25.8. The molecular weight excluding hydrogens is 256 g/mol. The Hall–Kier alpha value is -1.41. The van der Waals surface area contributed by atoms with Crippen LogP contribution in [0.3, 0.4) is 0 Å². The number of aromatic amines is 1. The number of carbonyl (C=O) groups is 1. The lowest BCUT2D eigenvalue weighted by Crippen LogP contribution is -2.40. The van der Waals surface area contributed by atoms with Crippen molar-refractivity contribution in [2.45, 2.75) is 25.7 Å². The lowest BCUT2D eigenvalue weighted by Gasteiger charge is -2.22. The number of primary amides is 1. The second kappa shape index (κ2) is 5.49. The number of aromatic nitrogens is 2. The van der Waals surface area contributed by atoms with Crippen LogP contribution >= 0.6 is 0 Å². The number of nitrogens with two attached hydrogens (primary N) is 1. The van der Waals surface area contributed by atoms with Gasteiger partial charge in [0.2, 0.25) is 15.9 Å². The average molecular weight is 274 g/mol. The molecule has 0 bridgehead atoms. The molecule has 1 aromatic rings. The van der Waals surface area contributed by atoms with Crippen LogP contribution in [-0.4, -0.2) is 41.9 Å². The average Bonchev–Trinajstić information content (AvgIpc) is 2.62. The summed E-state index contributed by atoms with van der Waals surface area (Å²) in [5.41, 5.74) is 5.53. The van der Waals surface area contributed by atoms with Gasteiger partial charge in [0.05, 0.1) is 18.4 Å². The summed E-state index contributed by atoms with van der Waals surface area (Å²) in [7, 11) is -3.74. The van der Waals surface area contributed by atoms with Crippen LogP contribution < -0.4 is 5.73 Å². The van der Waals surface area contributed by atoms with Crippen molar-refractivity contribution < 1.29 is 13.2 Å². The van der Waals surface area contributed by atoms with E-state index in [9.17, 15) is 13.2 Å². The molecule has 0 aliphatic carbocycles. The predicted molar refractivity (Wildman–Crippen MR) is 66.1 cm³/mol. The molecule has 7 nitrogen and oxygen atoms in total. The highest BCUT2D eigenvalue weighted by Gasteiger charge is 2.28. The van der Waals surface area contributed by atoms with Gasteiger partial charge in [-0.2, -0.15) is 9.40 Å². The molecule has 3 N–H and O–H groups in total. The third-order valence-corrected chi connectivity index (χ3v) is 4.23. The van der Waals surface area contributed by atoms with E-state index in [0.717, 1.165) is 4.31 Å². The zero-order valence-corrected chi connectivity index (χ0v) is 11.5. The Morgan fingerprint density at radius 1 is 1.56 bits per heavy atom. The monoisotopic (exact) mass is 274 g/mol. The fraction of sp³-hybridized carbons (Fsp3) is 0.600. The molecule has 1 aromatic heterocycles. The van der Waals surface area contributed by atoms with E-state index in [2.05, 4.69) is 10.2 Å². The molecule has 0 aliphatic heterocycles. The maximum absolute atomic E-state index is 12.3. The Labute approximate surface area is 106 Å². The molecule has 0 aromatic carbocycles. The van der Waals surface area contributed by atoms with E-state index in [1.165, 1.54) is 6.20 Å². The molecule has 0 saturated carbocycles.